The Labute approximate surface area is 213 Å². The molecule has 4 aromatic rings. The van der Waals surface area contributed by atoms with E-state index in [1.807, 2.05) is 42.5 Å². The van der Waals surface area contributed by atoms with Gasteiger partial charge in [0.05, 0.1) is 18.7 Å². The smallest absolute Gasteiger partial charge is 0.300 e. The quantitative estimate of drug-likeness (QED) is 0.238. The molecule has 2 heterocycles. The predicted octanol–water partition coefficient (Wildman–Crippen LogP) is 5.25. The first-order chi connectivity index (χ1) is 18.1. The first kappa shape index (κ1) is 22.7. The molecule has 7 nitrogen and oxygen atoms in total. The Bertz CT molecular complexity index is 1590. The number of aliphatic hydroxyl groups is 1. The molecule has 2 aliphatic rings. The Hall–Kier alpha value is -4.78. The van der Waals surface area contributed by atoms with Crippen molar-refractivity contribution >= 4 is 33.9 Å². The SMILES string of the molecule is COc1cccc(N2C(=O)C(=O)/C(=C(\O)c3ccc4c(c3)OCCO4)C2c2cccc3ccccc23)c1. The van der Waals surface area contributed by atoms with Gasteiger partial charge in [-0.3, -0.25) is 14.5 Å². The highest BCUT2D eigenvalue weighted by Crippen LogP contribution is 2.45. The second kappa shape index (κ2) is 9.02. The molecule has 1 atom stereocenters. The Morgan fingerprint density at radius 3 is 2.49 bits per heavy atom. The third kappa shape index (κ3) is 3.76. The van der Waals surface area contributed by atoms with Gasteiger partial charge in [-0.2, -0.15) is 0 Å². The maximum absolute atomic E-state index is 13.6. The number of benzene rings is 4. The van der Waals surface area contributed by atoms with Crippen LogP contribution in [0, 0.1) is 0 Å². The fourth-order valence-electron chi connectivity index (χ4n) is 4.99. The summed E-state index contributed by atoms with van der Waals surface area (Å²) in [6.45, 7) is 0.818. The second-order valence-corrected chi connectivity index (χ2v) is 8.80. The van der Waals surface area contributed by atoms with Gasteiger partial charge >= 0.3 is 0 Å². The van der Waals surface area contributed by atoms with Crippen LogP contribution in [0.1, 0.15) is 17.2 Å². The number of fused-ring (bicyclic) bond motifs is 2. The number of anilines is 1. The largest absolute Gasteiger partial charge is 0.507 e. The van der Waals surface area contributed by atoms with Crippen LogP contribution in [0.15, 0.2) is 90.5 Å². The van der Waals surface area contributed by atoms with Gasteiger partial charge in [0.2, 0.25) is 0 Å². The zero-order valence-electron chi connectivity index (χ0n) is 20.0. The summed E-state index contributed by atoms with van der Waals surface area (Å²) in [6, 6.07) is 24.6. The molecule has 184 valence electrons. The van der Waals surface area contributed by atoms with Gasteiger partial charge in [0.1, 0.15) is 24.7 Å². The Balaban J connectivity index is 1.60. The number of carbonyl (C=O) groups is 2. The van der Waals surface area contributed by atoms with Gasteiger partial charge in [-0.15, -0.1) is 0 Å². The normalized spacial score (nSPS) is 18.3. The number of Topliss-reactive ketones (excluding diaryl/α,β-unsaturated/α-hetero) is 1. The van der Waals surface area contributed by atoms with E-state index in [1.165, 1.54) is 12.0 Å². The van der Waals surface area contributed by atoms with Gasteiger partial charge in [-0.05, 0) is 46.7 Å². The molecule has 1 unspecified atom stereocenters. The molecular formula is C30H23NO6. The number of amides is 1. The molecule has 0 spiro atoms. The lowest BCUT2D eigenvalue weighted by Crippen LogP contribution is -2.29. The zero-order valence-corrected chi connectivity index (χ0v) is 20.0. The molecule has 0 aromatic heterocycles. The third-order valence-electron chi connectivity index (χ3n) is 6.71. The molecule has 0 saturated carbocycles. The van der Waals surface area contributed by atoms with Crippen LogP contribution in [0.4, 0.5) is 5.69 Å². The predicted molar refractivity (Wildman–Crippen MR) is 139 cm³/mol. The topological polar surface area (TPSA) is 85.3 Å². The van der Waals surface area contributed by atoms with Crippen LogP contribution in [0.2, 0.25) is 0 Å². The minimum atomic E-state index is -0.869. The summed E-state index contributed by atoms with van der Waals surface area (Å²) in [5.74, 6) is -0.204. The number of carbonyl (C=O) groups excluding carboxylic acids is 2. The summed E-state index contributed by atoms with van der Waals surface area (Å²) in [4.78, 5) is 28.5. The summed E-state index contributed by atoms with van der Waals surface area (Å²) in [7, 11) is 1.54. The number of rotatable bonds is 4. The Kier molecular flexibility index (Phi) is 5.53. The van der Waals surface area contributed by atoms with Gasteiger partial charge in [-0.1, -0.05) is 48.5 Å². The van der Waals surface area contributed by atoms with Gasteiger partial charge in [0, 0.05) is 17.3 Å². The van der Waals surface area contributed by atoms with Gasteiger partial charge in [-0.25, -0.2) is 0 Å². The van der Waals surface area contributed by atoms with Gasteiger partial charge in [0.15, 0.2) is 11.5 Å². The standard InChI is InChI=1S/C30H23NO6/c1-35-21-9-5-8-20(17-21)31-27(23-11-4-7-18-6-2-3-10-22(18)23)26(29(33)30(31)34)28(32)19-12-13-24-25(16-19)37-15-14-36-24/h2-13,16-17,27,32H,14-15H2,1H3/b28-26-. The highest BCUT2D eigenvalue weighted by molar-refractivity contribution is 6.52. The molecular weight excluding hydrogens is 470 g/mol. The Morgan fingerprint density at radius 2 is 1.65 bits per heavy atom. The van der Waals surface area contributed by atoms with Crippen LogP contribution < -0.4 is 19.1 Å². The van der Waals surface area contributed by atoms with Crippen LogP contribution in [-0.4, -0.2) is 37.1 Å². The number of aliphatic hydroxyl groups excluding tert-OH is 1. The van der Waals surface area contributed by atoms with E-state index in [-0.39, 0.29) is 11.3 Å². The summed E-state index contributed by atoms with van der Waals surface area (Å²) < 4.78 is 16.6. The lowest BCUT2D eigenvalue weighted by atomic mass is 9.91. The maximum Gasteiger partial charge on any atom is 0.300 e. The fourth-order valence-corrected chi connectivity index (χ4v) is 4.99. The monoisotopic (exact) mass is 493 g/mol. The number of methoxy groups -OCH3 is 1. The van der Waals surface area contributed by atoms with Crippen LogP contribution in [0.5, 0.6) is 17.2 Å². The van der Waals surface area contributed by atoms with Crippen molar-refractivity contribution in [2.75, 3.05) is 25.2 Å². The van der Waals surface area contributed by atoms with E-state index in [9.17, 15) is 14.7 Å². The van der Waals surface area contributed by atoms with E-state index in [2.05, 4.69) is 0 Å². The fraction of sp³-hybridized carbons (Fsp3) is 0.133. The number of ether oxygens (including phenoxy) is 3. The second-order valence-electron chi connectivity index (χ2n) is 8.80. The molecule has 1 fully saturated rings. The van der Waals surface area contributed by atoms with E-state index >= 15 is 0 Å². The summed E-state index contributed by atoms with van der Waals surface area (Å²) in [5, 5.41) is 13.4. The number of hydrogen-bond donors (Lipinski definition) is 1. The molecule has 0 aliphatic carbocycles. The molecule has 6 rings (SSSR count). The molecule has 7 heteroatoms. The molecule has 1 amide bonds. The van der Waals surface area contributed by atoms with Crippen molar-refractivity contribution in [1.82, 2.24) is 0 Å². The van der Waals surface area contributed by atoms with Crippen molar-refractivity contribution in [2.45, 2.75) is 6.04 Å². The zero-order chi connectivity index (χ0) is 25.5. The number of nitrogens with zero attached hydrogens (tertiary/aromatic N) is 1. The molecule has 1 saturated heterocycles. The van der Waals surface area contributed by atoms with Crippen molar-refractivity contribution < 1.29 is 28.9 Å². The van der Waals surface area contributed by atoms with E-state index in [0.29, 0.717) is 41.7 Å². The average molecular weight is 494 g/mol. The van der Waals surface area contributed by atoms with Crippen LogP contribution >= 0.6 is 0 Å². The van der Waals surface area contributed by atoms with Crippen molar-refractivity contribution in [1.29, 1.82) is 0 Å². The van der Waals surface area contributed by atoms with Gasteiger partial charge in [0.25, 0.3) is 11.7 Å². The highest BCUT2D eigenvalue weighted by atomic mass is 16.6. The maximum atomic E-state index is 13.6. The van der Waals surface area contributed by atoms with Crippen molar-refractivity contribution in [3.8, 4) is 17.2 Å². The van der Waals surface area contributed by atoms with Crippen LogP contribution in [0.3, 0.4) is 0 Å². The molecule has 4 aromatic carbocycles. The van der Waals surface area contributed by atoms with Gasteiger partial charge < -0.3 is 19.3 Å². The Morgan fingerprint density at radius 1 is 0.892 bits per heavy atom. The van der Waals surface area contributed by atoms with E-state index in [1.54, 1.807) is 42.5 Å². The summed E-state index contributed by atoms with van der Waals surface area (Å²) in [5.41, 5.74) is 1.57. The highest BCUT2D eigenvalue weighted by Gasteiger charge is 2.47. The molecule has 2 aliphatic heterocycles. The van der Waals surface area contributed by atoms with E-state index in [0.717, 1.165) is 16.3 Å². The molecule has 37 heavy (non-hydrogen) atoms. The first-order valence-corrected chi connectivity index (χ1v) is 11.9. The minimum Gasteiger partial charge on any atom is -0.507 e. The number of ketones is 1. The lowest BCUT2D eigenvalue weighted by molar-refractivity contribution is -0.132. The average Bonchev–Trinajstić information content (AvgIpc) is 3.21. The number of hydrogen-bond acceptors (Lipinski definition) is 6. The van der Waals surface area contributed by atoms with E-state index in [4.69, 9.17) is 14.2 Å². The van der Waals surface area contributed by atoms with Crippen molar-refractivity contribution in [2.24, 2.45) is 0 Å². The molecule has 1 N–H and O–H groups in total. The van der Waals surface area contributed by atoms with Crippen LogP contribution in [0.25, 0.3) is 16.5 Å². The summed E-state index contributed by atoms with van der Waals surface area (Å²) in [6.07, 6.45) is 0. The molecule has 0 bridgehead atoms. The summed E-state index contributed by atoms with van der Waals surface area (Å²) >= 11 is 0. The lowest BCUT2D eigenvalue weighted by Gasteiger charge is -2.27. The van der Waals surface area contributed by atoms with E-state index < -0.39 is 17.7 Å². The van der Waals surface area contributed by atoms with Crippen LogP contribution in [-0.2, 0) is 9.59 Å². The molecule has 0 radical (unpaired) electrons. The van der Waals surface area contributed by atoms with Crippen molar-refractivity contribution in [3.63, 3.8) is 0 Å². The van der Waals surface area contributed by atoms with Crippen molar-refractivity contribution in [3.05, 3.63) is 102 Å². The first-order valence-electron chi connectivity index (χ1n) is 11.9. The minimum absolute atomic E-state index is 0.000788. The third-order valence-corrected chi connectivity index (χ3v) is 6.71.